The van der Waals surface area contributed by atoms with Gasteiger partial charge in [-0.05, 0) is 18.2 Å². The summed E-state index contributed by atoms with van der Waals surface area (Å²) in [7, 11) is 5.16. The van der Waals surface area contributed by atoms with Crippen molar-refractivity contribution in [2.45, 2.75) is 0 Å². The summed E-state index contributed by atoms with van der Waals surface area (Å²) in [4.78, 5) is 23.8. The Hall–Kier alpha value is -4.35. The first-order chi connectivity index (χ1) is 19.0. The lowest BCUT2D eigenvalue weighted by Gasteiger charge is -2.26. The quantitative estimate of drug-likeness (QED) is 0.316. The molecule has 0 radical (unpaired) electrons. The minimum atomic E-state index is -0.237. The van der Waals surface area contributed by atoms with E-state index in [4.69, 9.17) is 23.9 Å². The summed E-state index contributed by atoms with van der Waals surface area (Å²) in [6, 6.07) is 14.6. The Morgan fingerprint density at radius 3 is 2.46 bits per heavy atom. The van der Waals surface area contributed by atoms with Crippen LogP contribution in [0.2, 0.25) is 0 Å². The zero-order valence-corrected chi connectivity index (χ0v) is 22.3. The lowest BCUT2D eigenvalue weighted by Crippen LogP contribution is -2.41. The van der Waals surface area contributed by atoms with Crippen molar-refractivity contribution in [1.82, 2.24) is 24.8 Å². The number of nitrogens with zero attached hydrogens (tertiary/aromatic N) is 4. The number of carbonyl (C=O) groups is 1. The number of benzene rings is 2. The molecule has 3 heterocycles. The van der Waals surface area contributed by atoms with Crippen LogP contribution in [0.1, 0.15) is 10.5 Å². The third-order valence-electron chi connectivity index (χ3n) is 6.48. The minimum Gasteiger partial charge on any atom is -0.497 e. The van der Waals surface area contributed by atoms with Crippen molar-refractivity contribution in [1.29, 1.82) is 0 Å². The average molecular weight is 533 g/mol. The Bertz CT molecular complexity index is 1430. The molecular formula is C28H32N6O5. The monoisotopic (exact) mass is 532 g/mol. The summed E-state index contributed by atoms with van der Waals surface area (Å²) < 4.78 is 24.1. The van der Waals surface area contributed by atoms with E-state index in [2.05, 4.69) is 20.5 Å². The van der Waals surface area contributed by atoms with Crippen LogP contribution in [-0.2, 0) is 11.8 Å². The fourth-order valence-corrected chi connectivity index (χ4v) is 4.34. The van der Waals surface area contributed by atoms with Crippen LogP contribution < -0.4 is 24.8 Å². The number of amides is 1. The van der Waals surface area contributed by atoms with Gasteiger partial charge < -0.3 is 34.1 Å². The third-order valence-corrected chi connectivity index (χ3v) is 6.48. The molecule has 0 atom stereocenters. The molecule has 11 heteroatoms. The molecule has 0 aliphatic carbocycles. The number of pyridine rings is 1. The second-order valence-corrected chi connectivity index (χ2v) is 9.06. The molecule has 1 fully saturated rings. The van der Waals surface area contributed by atoms with Crippen molar-refractivity contribution >= 4 is 28.6 Å². The molecule has 204 valence electrons. The number of morpholine rings is 1. The first-order valence-electron chi connectivity index (χ1n) is 12.7. The number of aryl methyl sites for hydroxylation is 1. The normalized spacial score (nSPS) is 13.7. The summed E-state index contributed by atoms with van der Waals surface area (Å²) in [5.41, 5.74) is 2.76. The molecule has 0 bridgehead atoms. The Balaban J connectivity index is 1.26. The van der Waals surface area contributed by atoms with Crippen LogP contribution in [0.25, 0.3) is 11.0 Å². The van der Waals surface area contributed by atoms with Gasteiger partial charge in [0.15, 0.2) is 0 Å². The topological polar surface area (TPSA) is 112 Å². The maximum absolute atomic E-state index is 12.6. The molecule has 4 aromatic rings. The first-order valence-corrected chi connectivity index (χ1v) is 12.7. The van der Waals surface area contributed by atoms with E-state index in [9.17, 15) is 4.79 Å². The largest absolute Gasteiger partial charge is 0.497 e. The SMILES string of the molecule is COc1cc(Nc2nc3cc(Oc4ccnc(C(=O)NCCN5CCOCC5)c4)ccc3n2C)cc(OC)c1. The Kier molecular flexibility index (Phi) is 8.09. The van der Waals surface area contributed by atoms with Gasteiger partial charge >= 0.3 is 0 Å². The van der Waals surface area contributed by atoms with Crippen molar-refractivity contribution < 1.29 is 23.7 Å². The summed E-state index contributed by atoms with van der Waals surface area (Å²) in [6.45, 7) is 4.54. The molecule has 5 rings (SSSR count). The van der Waals surface area contributed by atoms with Crippen LogP contribution in [0.4, 0.5) is 11.6 Å². The van der Waals surface area contributed by atoms with E-state index in [1.54, 1.807) is 32.5 Å². The van der Waals surface area contributed by atoms with Gasteiger partial charge in [0.25, 0.3) is 5.91 Å². The van der Waals surface area contributed by atoms with Gasteiger partial charge in [0.05, 0.1) is 38.5 Å². The van der Waals surface area contributed by atoms with Gasteiger partial charge in [-0.25, -0.2) is 4.98 Å². The molecule has 1 aliphatic rings. The number of rotatable bonds is 10. The fraction of sp³-hybridized carbons (Fsp3) is 0.321. The van der Waals surface area contributed by atoms with E-state index in [1.807, 2.05) is 48.0 Å². The lowest BCUT2D eigenvalue weighted by molar-refractivity contribution is 0.0383. The summed E-state index contributed by atoms with van der Waals surface area (Å²) in [5, 5.41) is 6.26. The first kappa shape index (κ1) is 26.3. The number of hydrogen-bond donors (Lipinski definition) is 2. The van der Waals surface area contributed by atoms with E-state index >= 15 is 0 Å². The predicted molar refractivity (Wildman–Crippen MR) is 147 cm³/mol. The van der Waals surface area contributed by atoms with Crippen LogP contribution in [0.5, 0.6) is 23.0 Å². The van der Waals surface area contributed by atoms with Gasteiger partial charge in [0.1, 0.15) is 28.7 Å². The van der Waals surface area contributed by atoms with Crippen molar-refractivity contribution in [3.05, 3.63) is 60.4 Å². The number of aromatic nitrogens is 3. The number of nitrogens with one attached hydrogen (secondary N) is 2. The lowest BCUT2D eigenvalue weighted by atomic mass is 10.3. The number of fused-ring (bicyclic) bond motifs is 1. The van der Waals surface area contributed by atoms with Crippen LogP contribution in [0, 0.1) is 0 Å². The van der Waals surface area contributed by atoms with Crippen molar-refractivity contribution in [2.24, 2.45) is 7.05 Å². The van der Waals surface area contributed by atoms with E-state index in [0.29, 0.717) is 41.2 Å². The highest BCUT2D eigenvalue weighted by Crippen LogP contribution is 2.31. The number of hydrogen-bond acceptors (Lipinski definition) is 9. The molecule has 0 spiro atoms. The van der Waals surface area contributed by atoms with E-state index in [0.717, 1.165) is 49.6 Å². The molecule has 39 heavy (non-hydrogen) atoms. The summed E-state index contributed by atoms with van der Waals surface area (Å²) >= 11 is 0. The fourth-order valence-electron chi connectivity index (χ4n) is 4.34. The van der Waals surface area contributed by atoms with Gasteiger partial charge in [-0.15, -0.1) is 0 Å². The summed E-state index contributed by atoms with van der Waals surface area (Å²) in [6.07, 6.45) is 1.57. The van der Waals surface area contributed by atoms with Crippen molar-refractivity contribution in [3.8, 4) is 23.0 Å². The second kappa shape index (κ2) is 12.0. The highest BCUT2D eigenvalue weighted by molar-refractivity contribution is 5.92. The van der Waals surface area contributed by atoms with Gasteiger partial charge in [0.2, 0.25) is 5.95 Å². The third kappa shape index (κ3) is 6.39. The van der Waals surface area contributed by atoms with Crippen LogP contribution in [0.3, 0.4) is 0 Å². The molecule has 1 aliphatic heterocycles. The van der Waals surface area contributed by atoms with Crippen LogP contribution in [0.15, 0.2) is 54.7 Å². The number of imidazole rings is 1. The molecule has 0 saturated carbocycles. The maximum atomic E-state index is 12.6. The summed E-state index contributed by atoms with van der Waals surface area (Å²) in [5.74, 6) is 2.87. The molecule has 0 unspecified atom stereocenters. The van der Waals surface area contributed by atoms with Gasteiger partial charge in [-0.1, -0.05) is 0 Å². The van der Waals surface area contributed by atoms with Gasteiger partial charge in [-0.2, -0.15) is 0 Å². The average Bonchev–Trinajstić information content (AvgIpc) is 3.27. The molecule has 2 aromatic heterocycles. The molecule has 1 saturated heterocycles. The molecule has 2 N–H and O–H groups in total. The second-order valence-electron chi connectivity index (χ2n) is 9.06. The minimum absolute atomic E-state index is 0.237. The number of methoxy groups -OCH3 is 2. The highest BCUT2D eigenvalue weighted by Gasteiger charge is 2.14. The molecule has 1 amide bonds. The van der Waals surface area contributed by atoms with Crippen molar-refractivity contribution in [2.75, 3.05) is 58.9 Å². The molecule has 2 aromatic carbocycles. The van der Waals surface area contributed by atoms with E-state index in [1.165, 1.54) is 0 Å². The highest BCUT2D eigenvalue weighted by atomic mass is 16.5. The Morgan fingerprint density at radius 2 is 1.72 bits per heavy atom. The van der Waals surface area contributed by atoms with Crippen LogP contribution in [-0.4, -0.2) is 79.0 Å². The van der Waals surface area contributed by atoms with Gasteiger partial charge in [0, 0.05) is 75.4 Å². The number of anilines is 2. The number of carbonyl (C=O) groups excluding carboxylic acids is 1. The smallest absolute Gasteiger partial charge is 0.270 e. The van der Waals surface area contributed by atoms with Crippen LogP contribution >= 0.6 is 0 Å². The van der Waals surface area contributed by atoms with Crippen molar-refractivity contribution in [3.63, 3.8) is 0 Å². The Labute approximate surface area is 226 Å². The van der Waals surface area contributed by atoms with E-state index in [-0.39, 0.29) is 5.91 Å². The molecule has 11 nitrogen and oxygen atoms in total. The standard InChI is InChI=1S/C28H32N6O5/c1-33-26-5-4-20(17-24(26)32-28(33)31-19-14-22(36-2)16-23(15-19)37-3)39-21-6-7-29-25(18-21)27(35)30-8-9-34-10-12-38-13-11-34/h4-7,14-18H,8-13H2,1-3H3,(H,30,35)(H,31,32). The zero-order valence-electron chi connectivity index (χ0n) is 22.3. The zero-order chi connectivity index (χ0) is 27.2. The van der Waals surface area contributed by atoms with Gasteiger partial charge in [-0.3, -0.25) is 14.7 Å². The molecular weight excluding hydrogens is 500 g/mol. The maximum Gasteiger partial charge on any atom is 0.270 e. The predicted octanol–water partition coefficient (Wildman–Crippen LogP) is 3.58. The van der Waals surface area contributed by atoms with E-state index < -0.39 is 0 Å². The Morgan fingerprint density at radius 1 is 0.974 bits per heavy atom. The number of ether oxygens (including phenoxy) is 4.